The smallest absolute Gasteiger partial charge is 0.323 e. The third-order valence-electron chi connectivity index (χ3n) is 4.37. The molecule has 3 aromatic carbocycles. The van der Waals surface area contributed by atoms with E-state index < -0.39 is 6.03 Å². The third kappa shape index (κ3) is 6.78. The molecule has 3 rings (SSSR count). The van der Waals surface area contributed by atoms with Gasteiger partial charge in [0, 0.05) is 33.4 Å². The highest BCUT2D eigenvalue weighted by Crippen LogP contribution is 2.37. The van der Waals surface area contributed by atoms with Gasteiger partial charge in [-0.25, -0.2) is 4.79 Å². The summed E-state index contributed by atoms with van der Waals surface area (Å²) >= 11 is 11.9. The number of nitrogens with one attached hydrogen (secondary N) is 3. The maximum absolute atomic E-state index is 12.7. The summed E-state index contributed by atoms with van der Waals surface area (Å²) in [6.45, 7) is 4.34. The fourth-order valence-electron chi connectivity index (χ4n) is 2.95. The van der Waals surface area contributed by atoms with Crippen molar-refractivity contribution >= 4 is 52.2 Å². The van der Waals surface area contributed by atoms with Crippen LogP contribution in [0.5, 0.6) is 11.5 Å². The second-order valence-electron chi connectivity index (χ2n) is 6.76. The van der Waals surface area contributed by atoms with Gasteiger partial charge in [0.2, 0.25) is 0 Å². The quantitative estimate of drug-likeness (QED) is 0.330. The van der Waals surface area contributed by atoms with E-state index in [1.54, 1.807) is 60.7 Å². The number of hydrogen-bond donors (Lipinski definition) is 3. The molecule has 0 aliphatic carbocycles. The highest BCUT2D eigenvalue weighted by atomic mass is 35.5. The molecule has 0 heterocycles. The first-order chi connectivity index (χ1) is 15.9. The molecule has 3 N–H and O–H groups in total. The van der Waals surface area contributed by atoms with Gasteiger partial charge in [0.1, 0.15) is 11.5 Å². The maximum Gasteiger partial charge on any atom is 0.323 e. The lowest BCUT2D eigenvalue weighted by Gasteiger charge is -2.18. The van der Waals surface area contributed by atoms with Crippen LogP contribution >= 0.6 is 23.2 Å². The van der Waals surface area contributed by atoms with E-state index in [1.165, 1.54) is 0 Å². The van der Waals surface area contributed by atoms with Crippen molar-refractivity contribution in [1.82, 2.24) is 0 Å². The fraction of sp³-hybridized carbons (Fsp3) is 0.167. The summed E-state index contributed by atoms with van der Waals surface area (Å²) in [5.74, 6) is 0.407. The monoisotopic (exact) mass is 487 g/mol. The Labute approximate surface area is 202 Å². The molecule has 3 aromatic rings. The van der Waals surface area contributed by atoms with E-state index in [1.807, 2.05) is 13.8 Å². The summed E-state index contributed by atoms with van der Waals surface area (Å²) < 4.78 is 11.4. The molecule has 3 amide bonds. The fourth-order valence-corrected chi connectivity index (χ4v) is 3.27. The molecule has 0 aliphatic heterocycles. The first-order valence-electron chi connectivity index (χ1n) is 10.2. The van der Waals surface area contributed by atoms with Gasteiger partial charge in [-0.3, -0.25) is 4.79 Å². The van der Waals surface area contributed by atoms with Crippen LogP contribution in [0.1, 0.15) is 24.2 Å². The highest BCUT2D eigenvalue weighted by Gasteiger charge is 2.17. The van der Waals surface area contributed by atoms with Crippen LogP contribution in [0.15, 0.2) is 60.7 Å². The van der Waals surface area contributed by atoms with Gasteiger partial charge in [-0.2, -0.15) is 0 Å². The van der Waals surface area contributed by atoms with E-state index in [9.17, 15) is 9.59 Å². The van der Waals surface area contributed by atoms with Crippen LogP contribution in [-0.2, 0) is 0 Å². The molecule has 172 valence electrons. The molecule has 7 nitrogen and oxygen atoms in total. The van der Waals surface area contributed by atoms with E-state index in [-0.39, 0.29) is 5.91 Å². The summed E-state index contributed by atoms with van der Waals surface area (Å²) in [5.41, 5.74) is 1.75. The van der Waals surface area contributed by atoms with Gasteiger partial charge in [-0.15, -0.1) is 0 Å². The van der Waals surface area contributed by atoms with Gasteiger partial charge >= 0.3 is 6.03 Å². The second kappa shape index (κ2) is 11.4. The first-order valence-corrected chi connectivity index (χ1v) is 11.0. The maximum atomic E-state index is 12.7. The van der Waals surface area contributed by atoms with Crippen molar-refractivity contribution in [2.45, 2.75) is 13.8 Å². The summed E-state index contributed by atoms with van der Waals surface area (Å²) in [5, 5.41) is 9.33. The summed E-state index contributed by atoms with van der Waals surface area (Å²) in [6, 6.07) is 16.0. The zero-order valence-electron chi connectivity index (χ0n) is 18.1. The van der Waals surface area contributed by atoms with Crippen molar-refractivity contribution in [2.75, 3.05) is 29.2 Å². The molecular weight excluding hydrogens is 465 g/mol. The highest BCUT2D eigenvalue weighted by molar-refractivity contribution is 6.31. The topological polar surface area (TPSA) is 88.7 Å². The van der Waals surface area contributed by atoms with Gasteiger partial charge in [0.25, 0.3) is 5.91 Å². The molecule has 9 heteroatoms. The Balaban J connectivity index is 1.86. The molecule has 0 aliphatic rings. The molecule has 0 atom stereocenters. The van der Waals surface area contributed by atoms with Crippen molar-refractivity contribution in [3.05, 3.63) is 76.3 Å². The van der Waals surface area contributed by atoms with Gasteiger partial charge in [-0.1, -0.05) is 29.3 Å². The predicted octanol–water partition coefficient (Wildman–Crippen LogP) is 6.69. The number of carbonyl (C=O) groups excluding carboxylic acids is 2. The number of anilines is 3. The normalized spacial score (nSPS) is 10.3. The second-order valence-corrected chi connectivity index (χ2v) is 7.63. The zero-order valence-corrected chi connectivity index (χ0v) is 19.6. The number of carbonyl (C=O) groups is 2. The number of benzene rings is 3. The Morgan fingerprint density at radius 2 is 1.36 bits per heavy atom. The summed E-state index contributed by atoms with van der Waals surface area (Å²) in [7, 11) is 0. The predicted molar refractivity (Wildman–Crippen MR) is 132 cm³/mol. The molecule has 33 heavy (non-hydrogen) atoms. The Hall–Kier alpha value is -3.42. The Morgan fingerprint density at radius 3 is 1.94 bits per heavy atom. The largest absolute Gasteiger partial charge is 0.492 e. The summed E-state index contributed by atoms with van der Waals surface area (Å²) in [6.07, 6.45) is 0. The number of halogens is 2. The van der Waals surface area contributed by atoms with Crippen LogP contribution in [0, 0.1) is 0 Å². The van der Waals surface area contributed by atoms with Crippen molar-refractivity contribution < 1.29 is 19.1 Å². The minimum atomic E-state index is -0.487. The Bertz CT molecular complexity index is 1140. The number of urea groups is 1. The SMILES string of the molecule is CCOc1cc(NC(=O)c2ccc(Cl)cc2)c(OCC)cc1NC(=O)Nc1cccc(Cl)c1. The molecule has 0 fully saturated rings. The number of amides is 3. The van der Waals surface area contributed by atoms with Gasteiger partial charge in [-0.05, 0) is 56.3 Å². The lowest BCUT2D eigenvalue weighted by atomic mass is 10.2. The van der Waals surface area contributed by atoms with Crippen molar-refractivity contribution in [3.8, 4) is 11.5 Å². The number of hydrogen-bond acceptors (Lipinski definition) is 4. The minimum absolute atomic E-state index is 0.338. The lowest BCUT2D eigenvalue weighted by Crippen LogP contribution is -2.20. The van der Waals surface area contributed by atoms with Gasteiger partial charge in [0.15, 0.2) is 0 Å². The lowest BCUT2D eigenvalue weighted by molar-refractivity contribution is 0.102. The molecule has 0 bridgehead atoms. The van der Waals surface area contributed by atoms with E-state index >= 15 is 0 Å². The molecule has 0 saturated carbocycles. The average Bonchev–Trinajstić information content (AvgIpc) is 2.77. The zero-order chi connectivity index (χ0) is 23.8. The van der Waals surface area contributed by atoms with E-state index in [0.717, 1.165) is 0 Å². The molecule has 0 spiro atoms. The third-order valence-corrected chi connectivity index (χ3v) is 4.85. The van der Waals surface area contributed by atoms with E-state index in [2.05, 4.69) is 16.0 Å². The van der Waals surface area contributed by atoms with E-state index in [0.29, 0.717) is 57.4 Å². The Morgan fingerprint density at radius 1 is 0.758 bits per heavy atom. The Kier molecular flexibility index (Phi) is 8.40. The number of rotatable bonds is 8. The summed E-state index contributed by atoms with van der Waals surface area (Å²) in [4.78, 5) is 25.3. The number of ether oxygens (including phenoxy) is 2. The van der Waals surface area contributed by atoms with Crippen molar-refractivity contribution in [2.24, 2.45) is 0 Å². The standard InChI is InChI=1S/C24H23Cl2N3O4/c1-3-32-21-14-20(29-24(31)27-18-7-5-6-17(26)12-18)22(33-4-2)13-19(21)28-23(30)15-8-10-16(25)11-9-15/h5-14H,3-4H2,1-2H3,(H,28,30)(H2,27,29,31). The molecule has 0 unspecified atom stereocenters. The van der Waals surface area contributed by atoms with E-state index in [4.69, 9.17) is 32.7 Å². The molecule has 0 aromatic heterocycles. The van der Waals surface area contributed by atoms with Crippen LogP contribution in [0.25, 0.3) is 0 Å². The average molecular weight is 488 g/mol. The first kappa shape index (κ1) is 24.2. The van der Waals surface area contributed by atoms with Crippen LogP contribution < -0.4 is 25.4 Å². The molecular formula is C24H23Cl2N3O4. The van der Waals surface area contributed by atoms with Crippen LogP contribution in [0.4, 0.5) is 21.9 Å². The van der Waals surface area contributed by atoms with Gasteiger partial charge in [0.05, 0.1) is 24.6 Å². The van der Waals surface area contributed by atoms with Crippen LogP contribution in [0.3, 0.4) is 0 Å². The van der Waals surface area contributed by atoms with Gasteiger partial charge < -0.3 is 25.4 Å². The van der Waals surface area contributed by atoms with Crippen molar-refractivity contribution in [3.63, 3.8) is 0 Å². The van der Waals surface area contributed by atoms with Crippen molar-refractivity contribution in [1.29, 1.82) is 0 Å². The molecule has 0 saturated heterocycles. The van der Waals surface area contributed by atoms with Crippen LogP contribution in [0.2, 0.25) is 10.0 Å². The molecule has 0 radical (unpaired) electrons. The minimum Gasteiger partial charge on any atom is -0.492 e. The van der Waals surface area contributed by atoms with Crippen LogP contribution in [-0.4, -0.2) is 25.2 Å².